The van der Waals surface area contributed by atoms with Gasteiger partial charge in [0.2, 0.25) is 0 Å². The van der Waals surface area contributed by atoms with Crippen LogP contribution >= 0.6 is 11.8 Å². The van der Waals surface area contributed by atoms with E-state index in [1.54, 1.807) is 0 Å². The molecule has 3 aliphatic heterocycles. The normalized spacial score (nSPS) is 22.9. The lowest BCUT2D eigenvalue weighted by molar-refractivity contribution is -0.141. The Morgan fingerprint density at radius 3 is 2.69 bits per heavy atom. The molecule has 1 fully saturated rings. The molecule has 0 radical (unpaired) electrons. The topological polar surface area (TPSA) is 94.5 Å². The molecule has 0 N–H and O–H groups in total. The van der Waals surface area contributed by atoms with Gasteiger partial charge in [0, 0.05) is 11.8 Å². The number of carbonyl (C=O) groups excluding carboxylic acids is 1. The molecule has 0 unspecified atom stereocenters. The first-order valence-corrected chi connectivity index (χ1v) is 13.1. The van der Waals surface area contributed by atoms with Gasteiger partial charge >= 0.3 is 5.97 Å². The van der Waals surface area contributed by atoms with Crippen molar-refractivity contribution in [3.8, 4) is 11.5 Å². The van der Waals surface area contributed by atoms with Gasteiger partial charge in [0.25, 0.3) is 0 Å². The number of benzene rings is 2. The van der Waals surface area contributed by atoms with Crippen molar-refractivity contribution in [2.24, 2.45) is 4.99 Å². The summed E-state index contributed by atoms with van der Waals surface area (Å²) in [7, 11) is -3.16. The van der Waals surface area contributed by atoms with Crippen LogP contribution in [0.2, 0.25) is 0 Å². The summed E-state index contributed by atoms with van der Waals surface area (Å²) in [6.45, 7) is 1.16. The number of nitrogens with zero attached hydrogens (tertiary/aromatic N) is 2. The Morgan fingerprint density at radius 1 is 1.09 bits per heavy atom. The van der Waals surface area contributed by atoms with Gasteiger partial charge in [0.15, 0.2) is 26.5 Å². The fourth-order valence-corrected chi connectivity index (χ4v) is 6.78. The van der Waals surface area contributed by atoms with E-state index in [-0.39, 0.29) is 41.9 Å². The van der Waals surface area contributed by atoms with Crippen molar-refractivity contribution in [1.82, 2.24) is 0 Å². The number of aliphatic imine (C=N–C) groups is 1. The highest BCUT2D eigenvalue weighted by atomic mass is 32.2. The van der Waals surface area contributed by atoms with Crippen molar-refractivity contribution in [3.63, 3.8) is 0 Å². The number of amidine groups is 1. The number of esters is 1. The van der Waals surface area contributed by atoms with Crippen LogP contribution in [-0.4, -0.2) is 62.1 Å². The van der Waals surface area contributed by atoms with Crippen LogP contribution in [0.3, 0.4) is 0 Å². The maximum Gasteiger partial charge on any atom is 0.316 e. The molecule has 0 bridgehead atoms. The van der Waals surface area contributed by atoms with Crippen LogP contribution in [0.15, 0.2) is 53.5 Å². The van der Waals surface area contributed by atoms with Gasteiger partial charge in [-0.25, -0.2) is 8.42 Å². The summed E-state index contributed by atoms with van der Waals surface area (Å²) in [6, 6.07) is 14.4. The third-order valence-corrected chi connectivity index (χ3v) is 8.11. The highest BCUT2D eigenvalue weighted by molar-refractivity contribution is 8.14. The Kier molecular flexibility index (Phi) is 5.73. The van der Waals surface area contributed by atoms with Crippen LogP contribution in [0.1, 0.15) is 5.56 Å². The lowest BCUT2D eigenvalue weighted by Crippen LogP contribution is -2.39. The van der Waals surface area contributed by atoms with Crippen molar-refractivity contribution in [2.75, 3.05) is 35.4 Å². The number of hydrogen-bond acceptors (Lipinski definition) is 9. The Morgan fingerprint density at radius 2 is 1.88 bits per heavy atom. The van der Waals surface area contributed by atoms with Gasteiger partial charge < -0.3 is 19.1 Å². The third kappa shape index (κ3) is 4.42. The monoisotopic (exact) mass is 474 g/mol. The van der Waals surface area contributed by atoms with E-state index in [2.05, 4.69) is 4.99 Å². The molecule has 2 atom stereocenters. The number of fused-ring (bicyclic) bond motifs is 2. The molecule has 3 heterocycles. The number of carbonyl (C=O) groups is 1. The lowest BCUT2D eigenvalue weighted by Gasteiger charge is -2.28. The quantitative estimate of drug-likeness (QED) is 0.610. The summed E-state index contributed by atoms with van der Waals surface area (Å²) in [6.07, 6.45) is 0. The maximum atomic E-state index is 12.3. The van der Waals surface area contributed by atoms with Crippen molar-refractivity contribution in [3.05, 3.63) is 54.1 Å². The average molecular weight is 475 g/mol. The third-order valence-electron chi connectivity index (χ3n) is 5.47. The summed E-state index contributed by atoms with van der Waals surface area (Å²) in [5, 5.41) is 0.614. The van der Waals surface area contributed by atoms with E-state index in [0.717, 1.165) is 11.3 Å². The van der Waals surface area contributed by atoms with Gasteiger partial charge in [-0.2, -0.15) is 0 Å². The predicted octanol–water partition coefficient (Wildman–Crippen LogP) is 2.28. The highest BCUT2D eigenvalue weighted by Gasteiger charge is 2.47. The largest absolute Gasteiger partial charge is 0.486 e. The number of sulfone groups is 1. The van der Waals surface area contributed by atoms with Gasteiger partial charge in [-0.15, -0.1) is 0 Å². The fourth-order valence-electron chi connectivity index (χ4n) is 4.02. The second-order valence-corrected chi connectivity index (χ2v) is 10.9. The number of rotatable bonds is 5. The molecule has 10 heteroatoms. The molecule has 2 aromatic carbocycles. The number of ether oxygens (including phenoxy) is 3. The van der Waals surface area contributed by atoms with E-state index in [9.17, 15) is 13.2 Å². The molecule has 0 saturated carbocycles. The predicted molar refractivity (Wildman–Crippen MR) is 122 cm³/mol. The molecule has 0 aliphatic carbocycles. The molecular weight excluding hydrogens is 452 g/mol. The van der Waals surface area contributed by atoms with Gasteiger partial charge in [0.1, 0.15) is 19.8 Å². The van der Waals surface area contributed by atoms with E-state index in [4.69, 9.17) is 14.2 Å². The molecule has 0 aromatic heterocycles. The molecule has 3 aliphatic rings. The molecule has 5 rings (SSSR count). The van der Waals surface area contributed by atoms with Crippen molar-refractivity contribution in [2.45, 2.75) is 18.7 Å². The minimum atomic E-state index is -3.16. The van der Waals surface area contributed by atoms with E-state index in [1.807, 2.05) is 53.4 Å². The first-order valence-electron chi connectivity index (χ1n) is 10.3. The van der Waals surface area contributed by atoms with Gasteiger partial charge in [-0.1, -0.05) is 42.1 Å². The van der Waals surface area contributed by atoms with E-state index >= 15 is 0 Å². The Bertz CT molecular complexity index is 1150. The standard InChI is InChI=1S/C22H22N2O6S2/c25-21(30-11-15-4-2-1-3-5-15)12-31-22-23-17-13-32(26,27)14-18(17)24(22)16-6-7-19-20(10-16)29-9-8-28-19/h1-7,10,17-18H,8-9,11-14H2/t17-,18-/m0/s1. The average Bonchev–Trinajstić information content (AvgIpc) is 3.27. The van der Waals surface area contributed by atoms with Crippen LogP contribution < -0.4 is 14.4 Å². The summed E-state index contributed by atoms with van der Waals surface area (Å²) in [4.78, 5) is 18.9. The molecule has 32 heavy (non-hydrogen) atoms. The van der Waals surface area contributed by atoms with Crippen molar-refractivity contribution >= 4 is 38.4 Å². The number of thioether (sulfide) groups is 1. The van der Waals surface area contributed by atoms with Crippen LogP contribution in [0.25, 0.3) is 0 Å². The van der Waals surface area contributed by atoms with E-state index in [0.29, 0.717) is 29.9 Å². The Hall–Kier alpha value is -2.72. The zero-order chi connectivity index (χ0) is 22.1. The molecule has 2 aromatic rings. The fraction of sp³-hybridized carbons (Fsp3) is 0.364. The van der Waals surface area contributed by atoms with Crippen LogP contribution in [-0.2, 0) is 26.0 Å². The molecule has 168 valence electrons. The molecule has 0 spiro atoms. The second kappa shape index (κ2) is 8.67. The number of hydrogen-bond donors (Lipinski definition) is 0. The summed E-state index contributed by atoms with van der Waals surface area (Å²) in [5.41, 5.74) is 1.68. The highest BCUT2D eigenvalue weighted by Crippen LogP contribution is 2.39. The minimum Gasteiger partial charge on any atom is -0.486 e. The van der Waals surface area contributed by atoms with Gasteiger partial charge in [0.05, 0.1) is 29.3 Å². The van der Waals surface area contributed by atoms with Gasteiger partial charge in [-0.05, 0) is 17.7 Å². The minimum absolute atomic E-state index is 0.0151. The number of anilines is 1. The van der Waals surface area contributed by atoms with Crippen molar-refractivity contribution < 1.29 is 27.4 Å². The second-order valence-electron chi connectivity index (χ2n) is 7.76. The van der Waals surface area contributed by atoms with Crippen LogP contribution in [0.4, 0.5) is 5.69 Å². The maximum absolute atomic E-state index is 12.3. The van der Waals surface area contributed by atoms with Crippen LogP contribution in [0.5, 0.6) is 11.5 Å². The zero-order valence-corrected chi connectivity index (χ0v) is 18.8. The first kappa shape index (κ1) is 21.1. The summed E-state index contributed by atoms with van der Waals surface area (Å²) in [5.74, 6) is 1.04. The summed E-state index contributed by atoms with van der Waals surface area (Å²) < 4.78 is 41.1. The van der Waals surface area contributed by atoms with E-state index in [1.165, 1.54) is 11.8 Å². The molecule has 1 saturated heterocycles. The van der Waals surface area contributed by atoms with Crippen LogP contribution in [0, 0.1) is 0 Å². The van der Waals surface area contributed by atoms with E-state index < -0.39 is 9.84 Å². The first-order chi connectivity index (χ1) is 15.5. The van der Waals surface area contributed by atoms with Gasteiger partial charge in [-0.3, -0.25) is 9.79 Å². The van der Waals surface area contributed by atoms with Crippen molar-refractivity contribution in [1.29, 1.82) is 0 Å². The molecule has 0 amide bonds. The zero-order valence-electron chi connectivity index (χ0n) is 17.2. The Labute approximate surface area is 190 Å². The summed E-state index contributed by atoms with van der Waals surface area (Å²) >= 11 is 1.26. The SMILES string of the molecule is O=C(CSC1=N[C@H]2CS(=O)(=O)C[C@@H]2N1c1ccc2c(c1)OCCO2)OCc1ccccc1. The molecule has 8 nitrogen and oxygen atoms in total. The lowest BCUT2D eigenvalue weighted by atomic mass is 10.1. The Balaban J connectivity index is 1.31. The smallest absolute Gasteiger partial charge is 0.316 e. The molecular formula is C22H22N2O6S2.